The quantitative estimate of drug-likeness (QED) is 0.891. The van der Waals surface area contributed by atoms with Crippen LogP contribution in [0.5, 0.6) is 0 Å². The highest BCUT2D eigenvalue weighted by molar-refractivity contribution is 9.10. The molecule has 14 heavy (non-hydrogen) atoms. The Balaban J connectivity index is 2.36. The van der Waals surface area contributed by atoms with Crippen molar-refractivity contribution >= 4 is 15.9 Å². The zero-order valence-corrected chi connectivity index (χ0v) is 9.23. The molecule has 0 amide bonds. The van der Waals surface area contributed by atoms with Gasteiger partial charge >= 0.3 is 0 Å². The molecule has 74 valence electrons. The first-order valence-electron chi connectivity index (χ1n) is 4.15. The minimum atomic E-state index is -0.197. The molecule has 5 heteroatoms. The number of nitrogens with zero attached hydrogens (tertiary/aromatic N) is 2. The average Bonchev–Trinajstić information content (AvgIpc) is 2.77. The third kappa shape index (κ3) is 1.49. The van der Waals surface area contributed by atoms with Gasteiger partial charge in [0, 0.05) is 18.2 Å². The molecule has 4 nitrogen and oxygen atoms in total. The van der Waals surface area contributed by atoms with Crippen LogP contribution in [0.3, 0.4) is 0 Å². The summed E-state index contributed by atoms with van der Waals surface area (Å²) in [7, 11) is 1.86. The van der Waals surface area contributed by atoms with Crippen molar-refractivity contribution in [3.8, 4) is 0 Å². The summed E-state index contributed by atoms with van der Waals surface area (Å²) in [6.07, 6.45) is 5.01. The lowest BCUT2D eigenvalue weighted by atomic mass is 10.1. The maximum Gasteiger partial charge on any atom is 0.108 e. The molecule has 0 saturated carbocycles. The van der Waals surface area contributed by atoms with Crippen molar-refractivity contribution in [2.75, 3.05) is 0 Å². The molecular formula is C9H10BrN3O. The third-order valence-electron chi connectivity index (χ3n) is 2.13. The van der Waals surface area contributed by atoms with Crippen LogP contribution in [0, 0.1) is 0 Å². The second kappa shape index (κ2) is 3.59. The molecule has 0 saturated heterocycles. The van der Waals surface area contributed by atoms with Crippen molar-refractivity contribution in [2.45, 2.75) is 6.04 Å². The molecule has 1 unspecified atom stereocenters. The number of furan rings is 1. The fraction of sp³-hybridized carbons (Fsp3) is 0.222. The van der Waals surface area contributed by atoms with Gasteiger partial charge in [0.05, 0.1) is 24.8 Å². The summed E-state index contributed by atoms with van der Waals surface area (Å²) in [5.41, 5.74) is 7.93. The Hall–Kier alpha value is -1.07. The lowest BCUT2D eigenvalue weighted by Gasteiger charge is -2.07. The Morgan fingerprint density at radius 2 is 2.43 bits per heavy atom. The number of nitrogens with two attached hydrogens (primary N) is 1. The molecule has 0 spiro atoms. The van der Waals surface area contributed by atoms with Crippen LogP contribution >= 0.6 is 15.9 Å². The second-order valence-electron chi connectivity index (χ2n) is 3.05. The molecule has 2 N–H and O–H groups in total. The van der Waals surface area contributed by atoms with Crippen LogP contribution in [0.4, 0.5) is 0 Å². The van der Waals surface area contributed by atoms with Crippen molar-refractivity contribution in [1.82, 2.24) is 9.78 Å². The van der Waals surface area contributed by atoms with Crippen molar-refractivity contribution < 1.29 is 4.42 Å². The molecule has 2 heterocycles. The number of hydrogen-bond acceptors (Lipinski definition) is 3. The van der Waals surface area contributed by atoms with Gasteiger partial charge in [-0.1, -0.05) is 0 Å². The standard InChI is InChI=1S/C9H10BrN3O/c1-13-9(10)7(4-12-13)8(11)6-2-3-14-5-6/h2-5,8H,11H2,1H3. The minimum absolute atomic E-state index is 0.197. The van der Waals surface area contributed by atoms with Crippen molar-refractivity contribution in [2.24, 2.45) is 12.8 Å². The van der Waals surface area contributed by atoms with Crippen LogP contribution in [0.2, 0.25) is 0 Å². The minimum Gasteiger partial charge on any atom is -0.472 e. The van der Waals surface area contributed by atoms with Gasteiger partial charge in [-0.05, 0) is 22.0 Å². The van der Waals surface area contributed by atoms with E-state index < -0.39 is 0 Å². The molecule has 0 fully saturated rings. The summed E-state index contributed by atoms with van der Waals surface area (Å²) in [6, 6.07) is 1.65. The highest BCUT2D eigenvalue weighted by atomic mass is 79.9. The largest absolute Gasteiger partial charge is 0.472 e. The number of aromatic nitrogens is 2. The molecular weight excluding hydrogens is 246 g/mol. The summed E-state index contributed by atoms with van der Waals surface area (Å²) >= 11 is 3.43. The van der Waals surface area contributed by atoms with Gasteiger partial charge in [0.1, 0.15) is 4.60 Å². The smallest absolute Gasteiger partial charge is 0.108 e. The summed E-state index contributed by atoms with van der Waals surface area (Å²) in [5.74, 6) is 0. The average molecular weight is 256 g/mol. The maximum atomic E-state index is 6.03. The van der Waals surface area contributed by atoms with E-state index in [1.54, 1.807) is 23.4 Å². The van der Waals surface area contributed by atoms with E-state index in [4.69, 9.17) is 10.2 Å². The molecule has 0 bridgehead atoms. The lowest BCUT2D eigenvalue weighted by molar-refractivity contribution is 0.562. The Bertz CT molecular complexity index is 421. The predicted molar refractivity (Wildman–Crippen MR) is 55.6 cm³/mol. The van der Waals surface area contributed by atoms with Crippen molar-refractivity contribution in [1.29, 1.82) is 0 Å². The molecule has 1 atom stereocenters. The van der Waals surface area contributed by atoms with Gasteiger partial charge in [0.15, 0.2) is 0 Å². The highest BCUT2D eigenvalue weighted by Crippen LogP contribution is 2.26. The van der Waals surface area contributed by atoms with E-state index >= 15 is 0 Å². The predicted octanol–water partition coefficient (Wildman–Crippen LogP) is 1.82. The van der Waals surface area contributed by atoms with Gasteiger partial charge in [-0.15, -0.1) is 0 Å². The lowest BCUT2D eigenvalue weighted by Crippen LogP contribution is -2.10. The van der Waals surface area contributed by atoms with Crippen molar-refractivity contribution in [3.05, 3.63) is 40.5 Å². The van der Waals surface area contributed by atoms with E-state index in [-0.39, 0.29) is 6.04 Å². The zero-order chi connectivity index (χ0) is 10.1. The van der Waals surface area contributed by atoms with E-state index in [0.717, 1.165) is 15.7 Å². The first-order chi connectivity index (χ1) is 6.70. The number of halogens is 1. The van der Waals surface area contributed by atoms with Gasteiger partial charge in [-0.3, -0.25) is 4.68 Å². The SMILES string of the molecule is Cn1ncc(C(N)c2ccoc2)c1Br. The van der Waals surface area contributed by atoms with Crippen LogP contribution < -0.4 is 5.73 Å². The number of aryl methyl sites for hydroxylation is 1. The van der Waals surface area contributed by atoms with E-state index in [1.807, 2.05) is 13.1 Å². The Labute approximate surface area is 89.8 Å². The topological polar surface area (TPSA) is 57.0 Å². The highest BCUT2D eigenvalue weighted by Gasteiger charge is 2.16. The van der Waals surface area contributed by atoms with E-state index in [9.17, 15) is 0 Å². The molecule has 2 aromatic heterocycles. The van der Waals surface area contributed by atoms with Gasteiger partial charge in [0.25, 0.3) is 0 Å². The first-order valence-corrected chi connectivity index (χ1v) is 4.94. The maximum absolute atomic E-state index is 6.03. The molecule has 0 aliphatic rings. The first kappa shape index (κ1) is 9.48. The van der Waals surface area contributed by atoms with E-state index in [0.29, 0.717) is 0 Å². The second-order valence-corrected chi connectivity index (χ2v) is 3.80. The summed E-state index contributed by atoms with van der Waals surface area (Å²) < 4.78 is 7.61. The van der Waals surface area contributed by atoms with Gasteiger partial charge in [-0.2, -0.15) is 5.10 Å². The van der Waals surface area contributed by atoms with Gasteiger partial charge < -0.3 is 10.2 Å². The fourth-order valence-corrected chi connectivity index (χ4v) is 1.72. The Morgan fingerprint density at radius 3 is 2.93 bits per heavy atom. The monoisotopic (exact) mass is 255 g/mol. The summed E-state index contributed by atoms with van der Waals surface area (Å²) in [6.45, 7) is 0. The molecule has 0 radical (unpaired) electrons. The van der Waals surface area contributed by atoms with E-state index in [1.165, 1.54) is 0 Å². The number of hydrogen-bond donors (Lipinski definition) is 1. The Kier molecular flexibility index (Phi) is 2.43. The van der Waals surface area contributed by atoms with Crippen LogP contribution in [-0.4, -0.2) is 9.78 Å². The molecule has 0 aromatic carbocycles. The van der Waals surface area contributed by atoms with Gasteiger partial charge in [-0.25, -0.2) is 0 Å². The number of rotatable bonds is 2. The zero-order valence-electron chi connectivity index (χ0n) is 7.64. The molecule has 0 aliphatic carbocycles. The third-order valence-corrected chi connectivity index (χ3v) is 3.10. The fourth-order valence-electron chi connectivity index (χ4n) is 1.28. The van der Waals surface area contributed by atoms with E-state index in [2.05, 4.69) is 21.0 Å². The van der Waals surface area contributed by atoms with Crippen LogP contribution in [-0.2, 0) is 7.05 Å². The summed E-state index contributed by atoms with van der Waals surface area (Å²) in [4.78, 5) is 0. The Morgan fingerprint density at radius 1 is 1.64 bits per heavy atom. The van der Waals surface area contributed by atoms with Crippen molar-refractivity contribution in [3.63, 3.8) is 0 Å². The van der Waals surface area contributed by atoms with Crippen LogP contribution in [0.1, 0.15) is 17.2 Å². The normalized spacial score (nSPS) is 13.1. The molecule has 2 aromatic rings. The molecule has 2 rings (SSSR count). The molecule has 0 aliphatic heterocycles. The van der Waals surface area contributed by atoms with Crippen LogP contribution in [0.15, 0.2) is 33.8 Å². The van der Waals surface area contributed by atoms with Gasteiger partial charge in [0.2, 0.25) is 0 Å². The summed E-state index contributed by atoms with van der Waals surface area (Å²) in [5, 5.41) is 4.11. The van der Waals surface area contributed by atoms with Crippen LogP contribution in [0.25, 0.3) is 0 Å².